The Morgan fingerprint density at radius 2 is 2.11 bits per heavy atom. The van der Waals surface area contributed by atoms with Crippen LogP contribution in [0.2, 0.25) is 0 Å². The van der Waals surface area contributed by atoms with Gasteiger partial charge in [0.25, 0.3) is 0 Å². The first-order valence-electron chi connectivity index (χ1n) is 6.34. The highest BCUT2D eigenvalue weighted by atomic mass is 79.9. The van der Waals surface area contributed by atoms with Crippen LogP contribution in [0, 0.1) is 13.8 Å². The maximum Gasteiger partial charge on any atom is 0.168 e. The summed E-state index contributed by atoms with van der Waals surface area (Å²) < 4.78 is 2.82. The van der Waals surface area contributed by atoms with Crippen molar-refractivity contribution in [3.8, 4) is 0 Å². The van der Waals surface area contributed by atoms with Gasteiger partial charge in [0.15, 0.2) is 5.78 Å². The number of carbonyl (C=O) groups is 1. The lowest BCUT2D eigenvalue weighted by atomic mass is 10.0. The molecule has 0 aliphatic heterocycles. The zero-order valence-corrected chi connectivity index (χ0v) is 13.0. The largest absolute Gasteiger partial charge is 0.294 e. The number of carbonyl (C=O) groups excluding carboxylic acids is 1. The van der Waals surface area contributed by atoms with Gasteiger partial charge < -0.3 is 0 Å². The van der Waals surface area contributed by atoms with E-state index in [0.717, 1.165) is 33.5 Å². The maximum absolute atomic E-state index is 12.3. The van der Waals surface area contributed by atoms with Crippen LogP contribution in [-0.2, 0) is 13.0 Å². The molecule has 0 N–H and O–H groups in total. The monoisotopic (exact) mass is 320 g/mol. The molecule has 1 heterocycles. The van der Waals surface area contributed by atoms with Crippen LogP contribution >= 0.6 is 15.9 Å². The number of aromatic nitrogens is 2. The second-order valence-electron chi connectivity index (χ2n) is 4.63. The number of halogens is 1. The highest BCUT2D eigenvalue weighted by molar-refractivity contribution is 9.10. The molecule has 0 unspecified atom stereocenters. The Balaban J connectivity index is 2.29. The Morgan fingerprint density at radius 3 is 2.74 bits per heavy atom. The lowest BCUT2D eigenvalue weighted by Gasteiger charge is -2.06. The first kappa shape index (κ1) is 14.0. The van der Waals surface area contributed by atoms with E-state index in [9.17, 15) is 4.79 Å². The SMILES string of the molecule is CCn1nc(C)c(Br)c1CC(=O)c1cccc(C)c1. The Hall–Kier alpha value is -1.42. The Kier molecular flexibility index (Phi) is 4.20. The standard InChI is InChI=1S/C15H17BrN2O/c1-4-18-13(15(16)11(3)17-18)9-14(19)12-7-5-6-10(2)8-12/h5-8H,4,9H2,1-3H3. The van der Waals surface area contributed by atoms with Crippen LogP contribution in [0.5, 0.6) is 0 Å². The van der Waals surface area contributed by atoms with Crippen LogP contribution in [0.1, 0.15) is 34.2 Å². The first-order chi connectivity index (χ1) is 9.02. The number of aryl methyl sites for hydroxylation is 3. The normalized spacial score (nSPS) is 10.7. The van der Waals surface area contributed by atoms with E-state index in [1.54, 1.807) is 0 Å². The number of hydrogen-bond donors (Lipinski definition) is 0. The van der Waals surface area contributed by atoms with Crippen LogP contribution in [0.25, 0.3) is 0 Å². The third kappa shape index (κ3) is 2.95. The van der Waals surface area contributed by atoms with Gasteiger partial charge in [-0.25, -0.2) is 0 Å². The molecule has 100 valence electrons. The van der Waals surface area contributed by atoms with Crippen LogP contribution < -0.4 is 0 Å². The number of benzene rings is 1. The molecule has 0 saturated carbocycles. The van der Waals surface area contributed by atoms with Crippen LogP contribution in [0.15, 0.2) is 28.7 Å². The molecule has 2 aromatic rings. The lowest BCUT2D eigenvalue weighted by molar-refractivity contribution is 0.0990. The zero-order valence-electron chi connectivity index (χ0n) is 11.4. The maximum atomic E-state index is 12.3. The van der Waals surface area contributed by atoms with E-state index in [4.69, 9.17) is 0 Å². The molecule has 0 aliphatic carbocycles. The topological polar surface area (TPSA) is 34.9 Å². The van der Waals surface area contributed by atoms with E-state index in [1.807, 2.05) is 49.7 Å². The van der Waals surface area contributed by atoms with Crippen molar-refractivity contribution in [2.75, 3.05) is 0 Å². The molecule has 4 heteroatoms. The van der Waals surface area contributed by atoms with Crippen LogP contribution in [-0.4, -0.2) is 15.6 Å². The zero-order chi connectivity index (χ0) is 14.0. The summed E-state index contributed by atoms with van der Waals surface area (Å²) in [5.74, 6) is 0.124. The van der Waals surface area contributed by atoms with Crippen molar-refractivity contribution < 1.29 is 4.79 Å². The van der Waals surface area contributed by atoms with Gasteiger partial charge >= 0.3 is 0 Å². The third-order valence-electron chi connectivity index (χ3n) is 3.12. The fourth-order valence-corrected chi connectivity index (χ4v) is 2.53. The Bertz CT molecular complexity index is 617. The molecule has 2 rings (SSSR count). The molecular formula is C15H17BrN2O. The molecule has 3 nitrogen and oxygen atoms in total. The van der Waals surface area contributed by atoms with Gasteiger partial charge in [-0.1, -0.05) is 23.8 Å². The van der Waals surface area contributed by atoms with Gasteiger partial charge in [0.2, 0.25) is 0 Å². The number of hydrogen-bond acceptors (Lipinski definition) is 2. The summed E-state index contributed by atoms with van der Waals surface area (Å²) in [4.78, 5) is 12.3. The molecule has 0 radical (unpaired) electrons. The third-order valence-corrected chi connectivity index (χ3v) is 4.15. The van der Waals surface area contributed by atoms with Gasteiger partial charge in [-0.2, -0.15) is 5.10 Å². The second-order valence-corrected chi connectivity index (χ2v) is 5.42. The number of ketones is 1. The average molecular weight is 321 g/mol. The van der Waals surface area contributed by atoms with Crippen molar-refractivity contribution in [2.24, 2.45) is 0 Å². The van der Waals surface area contributed by atoms with E-state index >= 15 is 0 Å². The van der Waals surface area contributed by atoms with Crippen LogP contribution in [0.4, 0.5) is 0 Å². The summed E-state index contributed by atoms with van der Waals surface area (Å²) in [6.45, 7) is 6.73. The summed E-state index contributed by atoms with van der Waals surface area (Å²) >= 11 is 3.52. The van der Waals surface area contributed by atoms with Crippen molar-refractivity contribution >= 4 is 21.7 Å². The van der Waals surface area contributed by atoms with E-state index in [0.29, 0.717) is 6.42 Å². The summed E-state index contributed by atoms with van der Waals surface area (Å²) in [5, 5.41) is 4.41. The number of Topliss-reactive ketones (excluding diaryl/α,β-unsaturated/α-hetero) is 1. The summed E-state index contributed by atoms with van der Waals surface area (Å²) in [5.41, 5.74) is 3.74. The predicted octanol–water partition coefficient (Wildman–Crippen LogP) is 3.71. The van der Waals surface area contributed by atoms with Gasteiger partial charge in [0.05, 0.1) is 22.3 Å². The quantitative estimate of drug-likeness (QED) is 0.805. The Morgan fingerprint density at radius 1 is 1.37 bits per heavy atom. The predicted molar refractivity (Wildman–Crippen MR) is 79.6 cm³/mol. The van der Waals surface area contributed by atoms with E-state index in [1.165, 1.54) is 0 Å². The molecule has 1 aromatic carbocycles. The van der Waals surface area contributed by atoms with Crippen molar-refractivity contribution in [2.45, 2.75) is 33.7 Å². The fourth-order valence-electron chi connectivity index (χ4n) is 2.11. The number of rotatable bonds is 4. The molecule has 0 spiro atoms. The number of nitrogens with zero attached hydrogens (tertiary/aromatic N) is 2. The van der Waals surface area contributed by atoms with Gasteiger partial charge in [0.1, 0.15) is 0 Å². The molecule has 19 heavy (non-hydrogen) atoms. The molecule has 0 aliphatic rings. The minimum Gasteiger partial charge on any atom is -0.294 e. The highest BCUT2D eigenvalue weighted by Crippen LogP contribution is 2.22. The van der Waals surface area contributed by atoms with Crippen LogP contribution in [0.3, 0.4) is 0 Å². The molecule has 0 amide bonds. The van der Waals surface area contributed by atoms with Crippen molar-refractivity contribution in [3.63, 3.8) is 0 Å². The van der Waals surface area contributed by atoms with Crippen molar-refractivity contribution in [1.82, 2.24) is 9.78 Å². The molecular weight excluding hydrogens is 304 g/mol. The van der Waals surface area contributed by atoms with Crippen molar-refractivity contribution in [3.05, 3.63) is 51.3 Å². The first-order valence-corrected chi connectivity index (χ1v) is 7.14. The average Bonchev–Trinajstić information content (AvgIpc) is 2.66. The molecule has 0 saturated heterocycles. The van der Waals surface area contributed by atoms with E-state index in [2.05, 4.69) is 21.0 Å². The molecule has 0 bridgehead atoms. The summed E-state index contributed by atoms with van der Waals surface area (Å²) in [6, 6.07) is 7.70. The Labute approximate surface area is 121 Å². The minimum atomic E-state index is 0.124. The molecule has 0 atom stereocenters. The van der Waals surface area contributed by atoms with Gasteiger partial charge in [-0.3, -0.25) is 9.48 Å². The van der Waals surface area contributed by atoms with Gasteiger partial charge in [0, 0.05) is 12.1 Å². The second kappa shape index (κ2) is 5.70. The molecule has 1 aromatic heterocycles. The smallest absolute Gasteiger partial charge is 0.168 e. The highest BCUT2D eigenvalue weighted by Gasteiger charge is 2.16. The minimum absolute atomic E-state index is 0.124. The summed E-state index contributed by atoms with van der Waals surface area (Å²) in [6.07, 6.45) is 0.374. The lowest BCUT2D eigenvalue weighted by Crippen LogP contribution is -2.10. The van der Waals surface area contributed by atoms with E-state index < -0.39 is 0 Å². The fraction of sp³-hybridized carbons (Fsp3) is 0.333. The summed E-state index contributed by atoms with van der Waals surface area (Å²) in [7, 11) is 0. The van der Waals surface area contributed by atoms with Gasteiger partial charge in [-0.15, -0.1) is 0 Å². The van der Waals surface area contributed by atoms with Gasteiger partial charge in [-0.05, 0) is 42.8 Å². The van der Waals surface area contributed by atoms with Crippen molar-refractivity contribution in [1.29, 1.82) is 0 Å². The molecule has 0 fully saturated rings. The van der Waals surface area contributed by atoms with E-state index in [-0.39, 0.29) is 5.78 Å².